The second-order valence-corrected chi connectivity index (χ2v) is 4.73. The summed E-state index contributed by atoms with van der Waals surface area (Å²) in [6, 6.07) is 6.20. The maximum atomic E-state index is 5.88. The first-order chi connectivity index (χ1) is 6.74. The highest BCUT2D eigenvalue weighted by molar-refractivity contribution is 7.19. The average molecular weight is 226 g/mol. The summed E-state index contributed by atoms with van der Waals surface area (Å²) in [6.07, 6.45) is 1.07. The quantitative estimate of drug-likeness (QED) is 0.611. The van der Waals surface area contributed by atoms with Crippen molar-refractivity contribution >= 4 is 38.7 Å². The third kappa shape index (κ3) is 1.60. The van der Waals surface area contributed by atoms with Gasteiger partial charge in [-0.2, -0.15) is 0 Å². The van der Waals surface area contributed by atoms with E-state index >= 15 is 0 Å². The zero-order chi connectivity index (χ0) is 10.1. The number of halogens is 1. The summed E-state index contributed by atoms with van der Waals surface area (Å²) in [5.74, 6) is 0.529. The van der Waals surface area contributed by atoms with Crippen LogP contribution in [0.1, 0.15) is 17.4 Å². The Morgan fingerprint density at radius 2 is 2.14 bits per heavy atom. The van der Waals surface area contributed by atoms with E-state index in [0.717, 1.165) is 17.7 Å². The molecule has 0 aliphatic rings. The van der Waals surface area contributed by atoms with E-state index in [1.807, 2.05) is 12.1 Å². The zero-order valence-corrected chi connectivity index (χ0v) is 9.58. The number of benzene rings is 1. The maximum Gasteiger partial charge on any atom is 0.0481 e. The van der Waals surface area contributed by atoms with Crippen LogP contribution in [0.25, 0.3) is 10.1 Å². The number of anilines is 1. The van der Waals surface area contributed by atoms with Crippen molar-refractivity contribution in [1.29, 1.82) is 0 Å². The first kappa shape index (κ1) is 9.81. The lowest BCUT2D eigenvalue weighted by Gasteiger charge is -1.99. The van der Waals surface area contributed by atoms with Crippen molar-refractivity contribution in [3.8, 4) is 0 Å². The Labute approximate surface area is 92.5 Å². The molecule has 2 N–H and O–H groups in total. The summed E-state index contributed by atoms with van der Waals surface area (Å²) < 4.78 is 1.25. The number of hydrogen-bond donors (Lipinski definition) is 1. The third-order valence-electron chi connectivity index (χ3n) is 2.29. The third-order valence-corrected chi connectivity index (χ3v) is 3.80. The van der Waals surface area contributed by atoms with Gasteiger partial charge in [0.05, 0.1) is 0 Å². The van der Waals surface area contributed by atoms with E-state index in [4.69, 9.17) is 17.3 Å². The minimum Gasteiger partial charge on any atom is -0.399 e. The summed E-state index contributed by atoms with van der Waals surface area (Å²) in [7, 11) is 0. The Balaban J connectivity index is 2.71. The smallest absolute Gasteiger partial charge is 0.0481 e. The minimum atomic E-state index is 0.529. The molecule has 1 heterocycles. The van der Waals surface area contributed by atoms with Gasteiger partial charge < -0.3 is 5.73 Å². The van der Waals surface area contributed by atoms with Gasteiger partial charge in [0.25, 0.3) is 0 Å². The summed E-state index contributed by atoms with van der Waals surface area (Å²) >= 11 is 7.68. The fourth-order valence-corrected chi connectivity index (χ4v) is 2.89. The number of thiophene rings is 1. The minimum absolute atomic E-state index is 0.529. The van der Waals surface area contributed by atoms with Gasteiger partial charge in [-0.15, -0.1) is 22.9 Å². The Bertz CT molecular complexity index is 462. The fraction of sp³-hybridized carbons (Fsp3) is 0.273. The van der Waals surface area contributed by atoms with Crippen LogP contribution in [0.3, 0.4) is 0 Å². The molecule has 1 aromatic carbocycles. The van der Waals surface area contributed by atoms with Crippen LogP contribution in [0.2, 0.25) is 0 Å². The highest BCUT2D eigenvalue weighted by atomic mass is 35.5. The molecule has 2 aromatic rings. The van der Waals surface area contributed by atoms with Crippen molar-refractivity contribution in [3.63, 3.8) is 0 Å². The van der Waals surface area contributed by atoms with Crippen molar-refractivity contribution < 1.29 is 0 Å². The normalized spacial score (nSPS) is 11.0. The molecule has 1 nitrogen and oxygen atoms in total. The van der Waals surface area contributed by atoms with Crippen LogP contribution < -0.4 is 5.73 Å². The van der Waals surface area contributed by atoms with Crippen LogP contribution >= 0.6 is 22.9 Å². The molecule has 0 saturated heterocycles. The number of fused-ring (bicyclic) bond motifs is 1. The number of alkyl halides is 1. The van der Waals surface area contributed by atoms with Crippen LogP contribution in [-0.4, -0.2) is 0 Å². The van der Waals surface area contributed by atoms with Crippen molar-refractivity contribution in [2.24, 2.45) is 0 Å². The molecule has 14 heavy (non-hydrogen) atoms. The van der Waals surface area contributed by atoms with Gasteiger partial charge in [-0.1, -0.05) is 6.92 Å². The van der Waals surface area contributed by atoms with E-state index in [1.165, 1.54) is 15.0 Å². The van der Waals surface area contributed by atoms with Gasteiger partial charge in [0.2, 0.25) is 0 Å². The Morgan fingerprint density at radius 3 is 2.79 bits per heavy atom. The molecule has 0 atom stereocenters. The summed E-state index contributed by atoms with van der Waals surface area (Å²) in [5.41, 5.74) is 7.74. The van der Waals surface area contributed by atoms with E-state index in [1.54, 1.807) is 11.3 Å². The van der Waals surface area contributed by atoms with E-state index in [-0.39, 0.29) is 0 Å². The lowest BCUT2D eigenvalue weighted by Crippen LogP contribution is -1.86. The molecule has 2 rings (SSSR count). The molecular weight excluding hydrogens is 214 g/mol. The first-order valence-electron chi connectivity index (χ1n) is 4.61. The fourth-order valence-electron chi connectivity index (χ4n) is 1.57. The van der Waals surface area contributed by atoms with Crippen molar-refractivity contribution in [3.05, 3.63) is 28.6 Å². The van der Waals surface area contributed by atoms with Gasteiger partial charge in [0.15, 0.2) is 0 Å². The van der Waals surface area contributed by atoms with Gasteiger partial charge in [-0.05, 0) is 35.6 Å². The first-order valence-corrected chi connectivity index (χ1v) is 5.96. The molecule has 0 saturated carbocycles. The zero-order valence-electron chi connectivity index (χ0n) is 8.01. The Morgan fingerprint density at radius 1 is 1.36 bits per heavy atom. The average Bonchev–Trinajstić information content (AvgIpc) is 2.59. The van der Waals surface area contributed by atoms with E-state index in [0.29, 0.717) is 5.88 Å². The van der Waals surface area contributed by atoms with Crippen LogP contribution in [0, 0.1) is 0 Å². The van der Waals surface area contributed by atoms with Gasteiger partial charge in [-0.25, -0.2) is 0 Å². The number of nitrogen functional groups attached to an aromatic ring is 1. The molecule has 0 bridgehead atoms. The molecule has 1 aromatic heterocycles. The molecule has 0 radical (unpaired) electrons. The Hall–Kier alpha value is -0.730. The molecule has 0 aliphatic carbocycles. The molecule has 74 valence electrons. The molecule has 0 unspecified atom stereocenters. The van der Waals surface area contributed by atoms with Crippen molar-refractivity contribution in [2.45, 2.75) is 19.2 Å². The number of nitrogens with two attached hydrogens (primary N) is 1. The van der Waals surface area contributed by atoms with Gasteiger partial charge >= 0.3 is 0 Å². The predicted octanol–water partition coefficient (Wildman–Crippen LogP) is 3.78. The number of rotatable bonds is 2. The van der Waals surface area contributed by atoms with Crippen LogP contribution in [0.15, 0.2) is 18.2 Å². The Kier molecular flexibility index (Phi) is 2.66. The SMILES string of the molecule is CCc1cc2c(CCl)cc(N)cc2s1. The lowest BCUT2D eigenvalue weighted by molar-refractivity contribution is 1.19. The summed E-state index contributed by atoms with van der Waals surface area (Å²) in [4.78, 5) is 1.39. The second-order valence-electron chi connectivity index (χ2n) is 3.29. The van der Waals surface area contributed by atoms with Crippen LogP contribution in [0.5, 0.6) is 0 Å². The number of hydrogen-bond acceptors (Lipinski definition) is 2. The standard InChI is InChI=1S/C11H12ClNS/c1-2-9-5-10-7(6-12)3-8(13)4-11(10)14-9/h3-5H,2,6,13H2,1H3. The van der Waals surface area contributed by atoms with Crippen LogP contribution in [0.4, 0.5) is 5.69 Å². The number of aryl methyl sites for hydroxylation is 1. The van der Waals surface area contributed by atoms with E-state index < -0.39 is 0 Å². The van der Waals surface area contributed by atoms with Crippen molar-refractivity contribution in [2.75, 3.05) is 5.73 Å². The molecular formula is C11H12ClNS. The summed E-state index contributed by atoms with van der Waals surface area (Å²) in [5, 5.41) is 1.26. The van der Waals surface area contributed by atoms with Gasteiger partial charge in [0.1, 0.15) is 0 Å². The summed E-state index contributed by atoms with van der Waals surface area (Å²) in [6.45, 7) is 2.16. The second kappa shape index (κ2) is 3.79. The van der Waals surface area contributed by atoms with Gasteiger partial charge in [0, 0.05) is 21.1 Å². The molecule has 0 spiro atoms. The lowest BCUT2D eigenvalue weighted by atomic mass is 10.1. The predicted molar refractivity (Wildman–Crippen MR) is 65.2 cm³/mol. The molecule has 3 heteroatoms. The van der Waals surface area contributed by atoms with Gasteiger partial charge in [-0.3, -0.25) is 0 Å². The maximum absolute atomic E-state index is 5.88. The van der Waals surface area contributed by atoms with Crippen molar-refractivity contribution in [1.82, 2.24) is 0 Å². The molecule has 0 fully saturated rings. The highest BCUT2D eigenvalue weighted by Crippen LogP contribution is 2.31. The topological polar surface area (TPSA) is 26.0 Å². The van der Waals surface area contributed by atoms with E-state index in [2.05, 4.69) is 13.0 Å². The largest absolute Gasteiger partial charge is 0.399 e. The van der Waals surface area contributed by atoms with Crippen LogP contribution in [-0.2, 0) is 12.3 Å². The monoisotopic (exact) mass is 225 g/mol. The highest BCUT2D eigenvalue weighted by Gasteiger charge is 2.05. The van der Waals surface area contributed by atoms with E-state index in [9.17, 15) is 0 Å². The molecule has 0 amide bonds. The molecule has 0 aliphatic heterocycles.